The van der Waals surface area contributed by atoms with Crippen LogP contribution in [-0.2, 0) is 7.05 Å². The first kappa shape index (κ1) is 14.3. The maximum absolute atomic E-state index is 11.4. The van der Waals surface area contributed by atoms with Gasteiger partial charge in [-0.15, -0.1) is 0 Å². The summed E-state index contributed by atoms with van der Waals surface area (Å²) in [6, 6.07) is 0. The predicted octanol–water partition coefficient (Wildman–Crippen LogP) is 2.29. The van der Waals surface area contributed by atoms with Gasteiger partial charge < -0.3 is 10.0 Å². The molecule has 0 amide bonds. The molecule has 0 aliphatic heterocycles. The van der Waals surface area contributed by atoms with E-state index in [0.717, 1.165) is 31.2 Å². The molecule has 6 nitrogen and oxygen atoms in total. The Hall–Kier alpha value is -2.11. The number of fused-ring (bicyclic) bond motifs is 1. The van der Waals surface area contributed by atoms with Gasteiger partial charge in [0.25, 0.3) is 0 Å². The van der Waals surface area contributed by atoms with Crippen molar-refractivity contribution in [2.75, 3.05) is 18.5 Å². The van der Waals surface area contributed by atoms with Crippen LogP contribution < -0.4 is 4.90 Å². The molecule has 0 spiro atoms. The smallest absolute Gasteiger partial charge is 0.339 e. The van der Waals surface area contributed by atoms with Gasteiger partial charge in [0.05, 0.1) is 17.3 Å². The second-order valence-corrected chi connectivity index (χ2v) is 4.96. The fourth-order valence-electron chi connectivity index (χ4n) is 2.36. The topological polar surface area (TPSA) is 71.2 Å². The van der Waals surface area contributed by atoms with Crippen LogP contribution in [0.5, 0.6) is 0 Å². The Balaban J connectivity index is 2.46. The molecule has 0 aliphatic rings. The summed E-state index contributed by atoms with van der Waals surface area (Å²) in [7, 11) is 3.72. The van der Waals surface area contributed by atoms with Crippen molar-refractivity contribution >= 4 is 22.7 Å². The van der Waals surface area contributed by atoms with Gasteiger partial charge in [-0.3, -0.25) is 4.68 Å². The van der Waals surface area contributed by atoms with Crippen LogP contribution in [0.25, 0.3) is 11.0 Å². The number of carbonyl (C=O) groups is 1. The molecule has 0 radical (unpaired) electrons. The molecule has 6 heteroatoms. The van der Waals surface area contributed by atoms with Crippen LogP contribution >= 0.6 is 0 Å². The van der Waals surface area contributed by atoms with Crippen molar-refractivity contribution in [3.63, 3.8) is 0 Å². The molecule has 108 valence electrons. The Labute approximate surface area is 118 Å². The fraction of sp³-hybridized carbons (Fsp3) is 0.500. The normalized spacial score (nSPS) is 10.9. The maximum Gasteiger partial charge on any atom is 0.339 e. The SMILES string of the molecule is CCCCCN(C)c1c(C(=O)O)cnc2c1cnn2C. The van der Waals surface area contributed by atoms with E-state index in [2.05, 4.69) is 17.0 Å². The monoisotopic (exact) mass is 276 g/mol. The van der Waals surface area contributed by atoms with Gasteiger partial charge in [0.1, 0.15) is 5.56 Å². The summed E-state index contributed by atoms with van der Waals surface area (Å²) in [5, 5.41) is 14.3. The number of nitrogens with zero attached hydrogens (tertiary/aromatic N) is 4. The van der Waals surface area contributed by atoms with Crippen molar-refractivity contribution < 1.29 is 9.90 Å². The van der Waals surface area contributed by atoms with E-state index in [1.807, 2.05) is 11.9 Å². The molecule has 0 saturated carbocycles. The van der Waals surface area contributed by atoms with Crippen LogP contribution in [0.2, 0.25) is 0 Å². The third kappa shape index (κ3) is 2.59. The van der Waals surface area contributed by atoms with Gasteiger partial charge in [0, 0.05) is 26.8 Å². The fourth-order valence-corrected chi connectivity index (χ4v) is 2.36. The highest BCUT2D eigenvalue weighted by atomic mass is 16.4. The van der Waals surface area contributed by atoms with Gasteiger partial charge in [-0.25, -0.2) is 9.78 Å². The number of hydrogen-bond donors (Lipinski definition) is 1. The van der Waals surface area contributed by atoms with Gasteiger partial charge in [0.15, 0.2) is 5.65 Å². The lowest BCUT2D eigenvalue weighted by molar-refractivity contribution is 0.0697. The average molecular weight is 276 g/mol. The molecule has 0 atom stereocenters. The Morgan fingerprint density at radius 1 is 1.40 bits per heavy atom. The van der Waals surface area contributed by atoms with Crippen molar-refractivity contribution in [3.8, 4) is 0 Å². The Bertz CT molecular complexity index is 621. The third-order valence-electron chi connectivity index (χ3n) is 3.44. The van der Waals surface area contributed by atoms with Gasteiger partial charge in [-0.05, 0) is 6.42 Å². The van der Waals surface area contributed by atoms with E-state index < -0.39 is 5.97 Å². The van der Waals surface area contributed by atoms with Crippen molar-refractivity contribution in [2.24, 2.45) is 7.05 Å². The number of hydrogen-bond acceptors (Lipinski definition) is 4. The molecule has 0 bridgehead atoms. The van der Waals surface area contributed by atoms with Crippen molar-refractivity contribution in [2.45, 2.75) is 26.2 Å². The van der Waals surface area contributed by atoms with E-state index in [0.29, 0.717) is 11.3 Å². The van der Waals surface area contributed by atoms with Crippen molar-refractivity contribution in [3.05, 3.63) is 18.0 Å². The van der Waals surface area contributed by atoms with E-state index in [1.165, 1.54) is 6.20 Å². The first-order valence-corrected chi connectivity index (χ1v) is 6.81. The zero-order chi connectivity index (χ0) is 14.7. The number of pyridine rings is 1. The van der Waals surface area contributed by atoms with Crippen molar-refractivity contribution in [1.82, 2.24) is 14.8 Å². The minimum absolute atomic E-state index is 0.226. The number of aromatic carboxylic acids is 1. The Morgan fingerprint density at radius 2 is 2.15 bits per heavy atom. The average Bonchev–Trinajstić information content (AvgIpc) is 2.79. The second kappa shape index (κ2) is 5.90. The van der Waals surface area contributed by atoms with E-state index in [4.69, 9.17) is 0 Å². The molecule has 20 heavy (non-hydrogen) atoms. The number of carboxylic acid groups (broad SMARTS) is 1. The number of rotatable bonds is 6. The van der Waals surface area contributed by atoms with Crippen LogP contribution in [0.1, 0.15) is 36.5 Å². The summed E-state index contributed by atoms with van der Waals surface area (Å²) >= 11 is 0. The molecule has 0 fully saturated rings. The summed E-state index contributed by atoms with van der Waals surface area (Å²) in [6.45, 7) is 2.97. The molecule has 2 aromatic rings. The number of carboxylic acids is 1. The van der Waals surface area contributed by atoms with Gasteiger partial charge in [-0.2, -0.15) is 5.10 Å². The third-order valence-corrected chi connectivity index (χ3v) is 3.44. The van der Waals surface area contributed by atoms with Crippen LogP contribution in [0.4, 0.5) is 5.69 Å². The zero-order valence-electron chi connectivity index (χ0n) is 12.1. The highest BCUT2D eigenvalue weighted by molar-refractivity contribution is 6.03. The lowest BCUT2D eigenvalue weighted by Crippen LogP contribution is -2.21. The molecule has 2 aromatic heterocycles. The number of unbranched alkanes of at least 4 members (excludes halogenated alkanes) is 2. The molecular weight excluding hydrogens is 256 g/mol. The maximum atomic E-state index is 11.4. The lowest BCUT2D eigenvalue weighted by atomic mass is 10.1. The molecule has 1 N–H and O–H groups in total. The van der Waals surface area contributed by atoms with E-state index in [9.17, 15) is 9.90 Å². The Morgan fingerprint density at radius 3 is 2.80 bits per heavy atom. The predicted molar refractivity (Wildman–Crippen MR) is 78.3 cm³/mol. The molecular formula is C14H20N4O2. The van der Waals surface area contributed by atoms with Crippen LogP contribution in [0, 0.1) is 0 Å². The first-order chi connectivity index (χ1) is 9.56. The van der Waals surface area contributed by atoms with Gasteiger partial charge >= 0.3 is 5.97 Å². The Kier molecular flexibility index (Phi) is 4.22. The standard InChI is InChI=1S/C14H20N4O2/c1-4-5-6-7-17(2)12-10-9-16-18(3)13(10)15-8-11(12)14(19)20/h8-9H,4-7H2,1-3H3,(H,19,20). The lowest BCUT2D eigenvalue weighted by Gasteiger charge is -2.21. The number of anilines is 1. The molecule has 0 aliphatic carbocycles. The van der Waals surface area contributed by atoms with Crippen LogP contribution in [0.3, 0.4) is 0 Å². The van der Waals surface area contributed by atoms with Gasteiger partial charge in [0.2, 0.25) is 0 Å². The number of aromatic nitrogens is 3. The van der Waals surface area contributed by atoms with Crippen LogP contribution in [-0.4, -0.2) is 39.4 Å². The highest BCUT2D eigenvalue weighted by Crippen LogP contribution is 2.28. The quantitative estimate of drug-likeness (QED) is 0.820. The summed E-state index contributed by atoms with van der Waals surface area (Å²) in [5.41, 5.74) is 1.63. The number of aryl methyl sites for hydroxylation is 1. The summed E-state index contributed by atoms with van der Waals surface area (Å²) < 4.78 is 1.66. The molecule has 0 saturated heterocycles. The highest BCUT2D eigenvalue weighted by Gasteiger charge is 2.19. The summed E-state index contributed by atoms with van der Waals surface area (Å²) in [4.78, 5) is 17.6. The van der Waals surface area contributed by atoms with Crippen molar-refractivity contribution in [1.29, 1.82) is 0 Å². The summed E-state index contributed by atoms with van der Waals surface area (Å²) in [5.74, 6) is -0.958. The second-order valence-electron chi connectivity index (χ2n) is 4.96. The van der Waals surface area contributed by atoms with E-state index in [1.54, 1.807) is 17.9 Å². The summed E-state index contributed by atoms with van der Waals surface area (Å²) in [6.07, 6.45) is 6.40. The zero-order valence-corrected chi connectivity index (χ0v) is 12.1. The van der Waals surface area contributed by atoms with Gasteiger partial charge in [-0.1, -0.05) is 19.8 Å². The molecule has 0 unspecified atom stereocenters. The minimum atomic E-state index is -0.958. The molecule has 2 rings (SSSR count). The molecule has 0 aromatic carbocycles. The van der Waals surface area contributed by atoms with Crippen LogP contribution in [0.15, 0.2) is 12.4 Å². The van der Waals surface area contributed by atoms with E-state index in [-0.39, 0.29) is 5.56 Å². The van der Waals surface area contributed by atoms with E-state index >= 15 is 0 Å². The first-order valence-electron chi connectivity index (χ1n) is 6.81. The minimum Gasteiger partial charge on any atom is -0.478 e. The largest absolute Gasteiger partial charge is 0.478 e. The molecule has 2 heterocycles.